The molecule has 3 nitrogen and oxygen atoms in total. The van der Waals surface area contributed by atoms with Crippen LogP contribution in [0, 0.1) is 0 Å². The van der Waals surface area contributed by atoms with Crippen molar-refractivity contribution in [2.75, 3.05) is 0 Å². The fraction of sp³-hybridized carbons (Fsp3) is 0.200. The maximum Gasteiger partial charge on any atom is 0.0920 e. The van der Waals surface area contributed by atoms with Crippen LogP contribution >= 0.6 is 0 Å². The van der Waals surface area contributed by atoms with Gasteiger partial charge in [0.05, 0.1) is 18.1 Å². The quantitative estimate of drug-likeness (QED) is 0.801. The van der Waals surface area contributed by atoms with E-state index in [1.54, 1.807) is 6.20 Å². The Bertz CT molecular complexity index is 563. The third-order valence-electron chi connectivity index (χ3n) is 3.33. The molecule has 0 fully saturated rings. The van der Waals surface area contributed by atoms with Crippen LogP contribution in [0.3, 0.4) is 0 Å². The van der Waals surface area contributed by atoms with Crippen LogP contribution in [-0.4, -0.2) is 16.2 Å². The van der Waals surface area contributed by atoms with Crippen molar-refractivity contribution in [2.24, 2.45) is 4.99 Å². The van der Waals surface area contributed by atoms with Crippen LogP contribution in [0.25, 0.3) is 0 Å². The first-order valence-electron chi connectivity index (χ1n) is 6.12. The zero-order chi connectivity index (χ0) is 12.4. The van der Waals surface area contributed by atoms with E-state index in [0.29, 0.717) is 6.04 Å². The fourth-order valence-corrected chi connectivity index (χ4v) is 2.23. The lowest BCUT2D eigenvalue weighted by atomic mass is 10.1. The van der Waals surface area contributed by atoms with E-state index in [4.69, 9.17) is 0 Å². The molecule has 18 heavy (non-hydrogen) atoms. The van der Waals surface area contributed by atoms with Gasteiger partial charge in [0.15, 0.2) is 0 Å². The van der Waals surface area contributed by atoms with Crippen LogP contribution in [0.4, 0.5) is 5.69 Å². The number of pyridine rings is 1. The predicted octanol–water partition coefficient (Wildman–Crippen LogP) is 3.32. The minimum Gasteiger partial charge on any atom is -0.351 e. The van der Waals surface area contributed by atoms with Gasteiger partial charge in [-0.1, -0.05) is 30.3 Å². The molecule has 0 saturated carbocycles. The van der Waals surface area contributed by atoms with Gasteiger partial charge in [0.25, 0.3) is 0 Å². The molecule has 1 aromatic carbocycles. The molecule has 90 valence electrons. The monoisotopic (exact) mass is 237 g/mol. The summed E-state index contributed by atoms with van der Waals surface area (Å²) in [6, 6.07) is 12.7. The second-order valence-electron chi connectivity index (χ2n) is 4.51. The summed E-state index contributed by atoms with van der Waals surface area (Å²) in [5.74, 6) is 0. The Hall–Kier alpha value is -2.16. The molecule has 0 radical (unpaired) electrons. The van der Waals surface area contributed by atoms with Gasteiger partial charge >= 0.3 is 0 Å². The molecular formula is C15H15N3. The van der Waals surface area contributed by atoms with Crippen molar-refractivity contribution in [2.45, 2.75) is 19.5 Å². The van der Waals surface area contributed by atoms with Crippen molar-refractivity contribution in [1.29, 1.82) is 0 Å². The highest BCUT2D eigenvalue weighted by Gasteiger charge is 2.20. The smallest absolute Gasteiger partial charge is 0.0920 e. The van der Waals surface area contributed by atoms with Crippen LogP contribution in [0.15, 0.2) is 53.8 Å². The Morgan fingerprint density at radius 3 is 2.83 bits per heavy atom. The maximum absolute atomic E-state index is 4.48. The SMILES string of the molecule is CC1c2cnccc2N=CN1Cc1ccccc1. The van der Waals surface area contributed by atoms with Gasteiger partial charge in [-0.05, 0) is 18.6 Å². The van der Waals surface area contributed by atoms with Crippen molar-refractivity contribution in [3.63, 3.8) is 0 Å². The van der Waals surface area contributed by atoms with Gasteiger partial charge in [-0.2, -0.15) is 0 Å². The number of nitrogens with zero attached hydrogens (tertiary/aromatic N) is 3. The molecule has 2 heterocycles. The Labute approximate surface area is 107 Å². The fourth-order valence-electron chi connectivity index (χ4n) is 2.23. The standard InChI is InChI=1S/C15H15N3/c1-12-14-9-16-8-7-15(14)17-11-18(12)10-13-5-3-2-4-6-13/h2-9,11-12H,10H2,1H3. The first-order chi connectivity index (χ1) is 8.84. The van der Waals surface area contributed by atoms with E-state index in [0.717, 1.165) is 12.2 Å². The van der Waals surface area contributed by atoms with Crippen molar-refractivity contribution >= 4 is 12.0 Å². The molecule has 3 rings (SSSR count). The normalized spacial score (nSPS) is 17.6. The van der Waals surface area contributed by atoms with Crippen molar-refractivity contribution < 1.29 is 0 Å². The summed E-state index contributed by atoms with van der Waals surface area (Å²) in [5, 5.41) is 0. The molecule has 1 aliphatic heterocycles. The molecule has 0 bridgehead atoms. The molecule has 0 saturated heterocycles. The van der Waals surface area contributed by atoms with Crippen LogP contribution in [0.2, 0.25) is 0 Å². The third-order valence-corrected chi connectivity index (χ3v) is 3.33. The number of hydrogen-bond acceptors (Lipinski definition) is 3. The molecule has 1 atom stereocenters. The largest absolute Gasteiger partial charge is 0.351 e. The van der Waals surface area contributed by atoms with Crippen molar-refractivity contribution in [1.82, 2.24) is 9.88 Å². The molecule has 2 aromatic rings. The van der Waals surface area contributed by atoms with Gasteiger partial charge in [-0.15, -0.1) is 0 Å². The zero-order valence-electron chi connectivity index (χ0n) is 10.3. The first kappa shape index (κ1) is 11.0. The summed E-state index contributed by atoms with van der Waals surface area (Å²) in [7, 11) is 0. The molecule has 1 aliphatic rings. The molecule has 0 amide bonds. The molecule has 0 aliphatic carbocycles. The summed E-state index contributed by atoms with van der Waals surface area (Å²) in [6.07, 6.45) is 5.63. The summed E-state index contributed by atoms with van der Waals surface area (Å²) in [5.41, 5.74) is 3.51. The molecule has 1 aromatic heterocycles. The average Bonchev–Trinajstić information content (AvgIpc) is 2.43. The van der Waals surface area contributed by atoms with E-state index in [1.807, 2.05) is 24.7 Å². The average molecular weight is 237 g/mol. The van der Waals surface area contributed by atoms with E-state index >= 15 is 0 Å². The molecule has 0 N–H and O–H groups in total. The third kappa shape index (κ3) is 1.99. The van der Waals surface area contributed by atoms with Gasteiger partial charge in [0.1, 0.15) is 0 Å². The lowest BCUT2D eigenvalue weighted by molar-refractivity contribution is 0.334. The molecule has 1 unspecified atom stereocenters. The van der Waals surface area contributed by atoms with Crippen LogP contribution in [0.1, 0.15) is 24.1 Å². The summed E-state index contributed by atoms with van der Waals surface area (Å²) >= 11 is 0. The Kier molecular flexibility index (Phi) is 2.81. The minimum atomic E-state index is 0.311. The lowest BCUT2D eigenvalue weighted by Gasteiger charge is -2.31. The van der Waals surface area contributed by atoms with E-state index < -0.39 is 0 Å². The number of hydrogen-bond donors (Lipinski definition) is 0. The highest BCUT2D eigenvalue weighted by Crippen LogP contribution is 2.32. The van der Waals surface area contributed by atoms with Crippen LogP contribution < -0.4 is 0 Å². The minimum absolute atomic E-state index is 0.311. The Balaban J connectivity index is 1.85. The van der Waals surface area contributed by atoms with E-state index in [-0.39, 0.29) is 0 Å². The van der Waals surface area contributed by atoms with E-state index in [1.165, 1.54) is 11.1 Å². The van der Waals surface area contributed by atoms with Gasteiger partial charge in [-0.3, -0.25) is 4.98 Å². The topological polar surface area (TPSA) is 28.5 Å². The zero-order valence-corrected chi connectivity index (χ0v) is 10.3. The van der Waals surface area contributed by atoms with Crippen LogP contribution in [0.5, 0.6) is 0 Å². The number of benzene rings is 1. The van der Waals surface area contributed by atoms with Gasteiger partial charge in [0.2, 0.25) is 0 Å². The van der Waals surface area contributed by atoms with E-state index in [9.17, 15) is 0 Å². The first-order valence-corrected chi connectivity index (χ1v) is 6.12. The molecule has 0 spiro atoms. The van der Waals surface area contributed by atoms with E-state index in [2.05, 4.69) is 46.1 Å². The molecule has 3 heteroatoms. The summed E-state index contributed by atoms with van der Waals surface area (Å²) in [6.45, 7) is 3.06. The van der Waals surface area contributed by atoms with Crippen LogP contribution in [-0.2, 0) is 6.54 Å². The Morgan fingerprint density at radius 1 is 1.17 bits per heavy atom. The number of fused-ring (bicyclic) bond motifs is 1. The summed E-state index contributed by atoms with van der Waals surface area (Å²) < 4.78 is 0. The van der Waals surface area contributed by atoms with Gasteiger partial charge < -0.3 is 4.90 Å². The Morgan fingerprint density at radius 2 is 2.00 bits per heavy atom. The maximum atomic E-state index is 4.48. The number of aromatic nitrogens is 1. The second-order valence-corrected chi connectivity index (χ2v) is 4.51. The lowest BCUT2D eigenvalue weighted by Crippen LogP contribution is -2.27. The van der Waals surface area contributed by atoms with Crippen molar-refractivity contribution in [3.8, 4) is 0 Å². The number of rotatable bonds is 2. The second kappa shape index (κ2) is 4.61. The van der Waals surface area contributed by atoms with Gasteiger partial charge in [0, 0.05) is 24.5 Å². The number of aliphatic imine (C=N–C) groups is 1. The highest BCUT2D eigenvalue weighted by atomic mass is 15.2. The highest BCUT2D eigenvalue weighted by molar-refractivity contribution is 5.67. The van der Waals surface area contributed by atoms with Crippen molar-refractivity contribution in [3.05, 3.63) is 59.9 Å². The predicted molar refractivity (Wildman–Crippen MR) is 72.8 cm³/mol. The molecular weight excluding hydrogens is 222 g/mol. The van der Waals surface area contributed by atoms with Gasteiger partial charge in [-0.25, -0.2) is 4.99 Å². The summed E-state index contributed by atoms with van der Waals surface area (Å²) in [4.78, 5) is 10.9.